The van der Waals surface area contributed by atoms with Crippen molar-refractivity contribution in [3.05, 3.63) is 64.7 Å². The Bertz CT molecular complexity index is 823. The molecule has 0 radical (unpaired) electrons. The molecule has 6 nitrogen and oxygen atoms in total. The largest absolute Gasteiger partial charge is 0.497 e. The molecule has 7 heteroatoms. The van der Waals surface area contributed by atoms with Gasteiger partial charge in [-0.25, -0.2) is 11.4 Å². The summed E-state index contributed by atoms with van der Waals surface area (Å²) < 4.78 is 10.5. The van der Waals surface area contributed by atoms with E-state index in [2.05, 4.69) is 4.85 Å². The molecule has 0 aliphatic carbocycles. The Morgan fingerprint density at radius 2 is 2.15 bits per heavy atom. The fraction of sp³-hybridized carbons (Fsp3) is 0.316. The number of esters is 1. The zero-order chi connectivity index (χ0) is 18.7. The first-order chi connectivity index (χ1) is 12.6. The number of amides is 1. The maximum absolute atomic E-state index is 12.7. The van der Waals surface area contributed by atoms with Gasteiger partial charge in [-0.15, -0.1) is 11.8 Å². The number of carbonyl (C=O) groups excluding carboxylic acids is 2. The van der Waals surface area contributed by atoms with E-state index in [4.69, 9.17) is 16.0 Å². The van der Waals surface area contributed by atoms with Crippen LogP contribution in [-0.4, -0.2) is 41.1 Å². The standard InChI is InChI=1S/C19H18N2O4S/c1-4-5-13-11-26-18-15(20-2)17(22)21(18)16(13)19(23)25-10-12-6-8-14(24-3)9-7-12/h4-9,15,18H,10-11H2,1,3H3/b5-4-/t15-,18-/m1/s1. The number of benzene rings is 1. The number of thioether (sulfide) groups is 1. The van der Waals surface area contributed by atoms with Crippen LogP contribution in [0.4, 0.5) is 0 Å². The van der Waals surface area contributed by atoms with Crippen molar-refractivity contribution in [3.63, 3.8) is 0 Å². The number of allylic oxidation sites excluding steroid dienone is 2. The second-order valence-electron chi connectivity index (χ2n) is 5.78. The van der Waals surface area contributed by atoms with Crippen molar-refractivity contribution < 1.29 is 19.1 Å². The Hall–Kier alpha value is -2.72. The van der Waals surface area contributed by atoms with Crippen molar-refractivity contribution in [2.24, 2.45) is 0 Å². The number of nitrogens with zero attached hydrogens (tertiary/aromatic N) is 2. The number of fused-ring (bicyclic) bond motifs is 1. The van der Waals surface area contributed by atoms with Crippen molar-refractivity contribution in [1.29, 1.82) is 0 Å². The van der Waals surface area contributed by atoms with E-state index < -0.39 is 12.0 Å². The summed E-state index contributed by atoms with van der Waals surface area (Å²) in [6.45, 7) is 9.10. The van der Waals surface area contributed by atoms with Crippen LogP contribution in [0.1, 0.15) is 12.5 Å². The van der Waals surface area contributed by atoms with Crippen molar-refractivity contribution in [1.82, 2.24) is 4.90 Å². The second-order valence-corrected chi connectivity index (χ2v) is 6.89. The van der Waals surface area contributed by atoms with Gasteiger partial charge in [0.05, 0.1) is 7.11 Å². The Labute approximate surface area is 156 Å². The Kier molecular flexibility index (Phi) is 5.33. The van der Waals surface area contributed by atoms with Gasteiger partial charge >= 0.3 is 17.9 Å². The van der Waals surface area contributed by atoms with Crippen LogP contribution in [0, 0.1) is 6.57 Å². The van der Waals surface area contributed by atoms with E-state index in [1.165, 1.54) is 16.7 Å². The van der Waals surface area contributed by atoms with E-state index in [1.807, 2.05) is 31.2 Å². The lowest BCUT2D eigenvalue weighted by molar-refractivity contribution is -0.150. The first kappa shape index (κ1) is 18.1. The van der Waals surface area contributed by atoms with Crippen LogP contribution in [0.15, 0.2) is 47.7 Å². The van der Waals surface area contributed by atoms with Crippen molar-refractivity contribution in [2.75, 3.05) is 12.9 Å². The number of hydrogen-bond acceptors (Lipinski definition) is 5. The molecule has 0 bridgehead atoms. The van der Waals surface area contributed by atoms with E-state index >= 15 is 0 Å². The molecule has 1 aromatic rings. The van der Waals surface area contributed by atoms with Crippen molar-refractivity contribution >= 4 is 23.6 Å². The lowest BCUT2D eigenvalue weighted by atomic mass is 10.0. The first-order valence-corrected chi connectivity index (χ1v) is 9.12. The summed E-state index contributed by atoms with van der Waals surface area (Å²) >= 11 is 1.50. The maximum atomic E-state index is 12.7. The summed E-state index contributed by atoms with van der Waals surface area (Å²) in [5, 5.41) is -0.308. The van der Waals surface area contributed by atoms with Crippen LogP contribution in [-0.2, 0) is 20.9 Å². The fourth-order valence-electron chi connectivity index (χ4n) is 2.87. The molecule has 0 unspecified atom stereocenters. The van der Waals surface area contributed by atoms with Gasteiger partial charge in [0.1, 0.15) is 18.1 Å². The van der Waals surface area contributed by atoms with Gasteiger partial charge in [0.15, 0.2) is 5.37 Å². The molecular formula is C19H18N2O4S. The zero-order valence-electron chi connectivity index (χ0n) is 14.5. The third kappa shape index (κ3) is 3.20. The van der Waals surface area contributed by atoms with Gasteiger partial charge < -0.3 is 9.47 Å². The third-order valence-corrected chi connectivity index (χ3v) is 5.49. The van der Waals surface area contributed by atoms with Gasteiger partial charge in [0, 0.05) is 5.75 Å². The smallest absolute Gasteiger partial charge is 0.355 e. The van der Waals surface area contributed by atoms with Crippen LogP contribution in [0.5, 0.6) is 5.75 Å². The molecule has 1 saturated heterocycles. The van der Waals surface area contributed by atoms with E-state index in [0.29, 0.717) is 5.75 Å². The van der Waals surface area contributed by atoms with E-state index in [-0.39, 0.29) is 23.6 Å². The Morgan fingerprint density at radius 3 is 2.77 bits per heavy atom. The van der Waals surface area contributed by atoms with E-state index in [0.717, 1.165) is 16.9 Å². The summed E-state index contributed by atoms with van der Waals surface area (Å²) in [5.41, 5.74) is 1.82. The molecule has 2 heterocycles. The highest BCUT2D eigenvalue weighted by atomic mass is 32.2. The van der Waals surface area contributed by atoms with Gasteiger partial charge in [-0.1, -0.05) is 24.3 Å². The topological polar surface area (TPSA) is 60.2 Å². The van der Waals surface area contributed by atoms with Gasteiger partial charge in [-0.2, -0.15) is 0 Å². The maximum Gasteiger partial charge on any atom is 0.355 e. The zero-order valence-corrected chi connectivity index (χ0v) is 15.3. The summed E-state index contributed by atoms with van der Waals surface area (Å²) in [6.07, 6.45) is 3.63. The minimum Gasteiger partial charge on any atom is -0.497 e. The van der Waals surface area contributed by atoms with Crippen LogP contribution < -0.4 is 4.74 Å². The Balaban J connectivity index is 1.78. The van der Waals surface area contributed by atoms with Crippen LogP contribution in [0.2, 0.25) is 0 Å². The number of methoxy groups -OCH3 is 1. The second kappa shape index (κ2) is 7.67. The Morgan fingerprint density at radius 1 is 1.42 bits per heavy atom. The number of β-lactam (4-membered cyclic amide) rings is 1. The first-order valence-electron chi connectivity index (χ1n) is 8.07. The quantitative estimate of drug-likeness (QED) is 0.453. The van der Waals surface area contributed by atoms with Gasteiger partial charge in [0.2, 0.25) is 0 Å². The monoisotopic (exact) mass is 370 g/mol. The number of ether oxygens (including phenoxy) is 2. The van der Waals surface area contributed by atoms with Gasteiger partial charge in [0.25, 0.3) is 0 Å². The molecule has 0 N–H and O–H groups in total. The normalized spacial score (nSPS) is 21.9. The third-order valence-electron chi connectivity index (χ3n) is 4.20. The lowest BCUT2D eigenvalue weighted by Crippen LogP contribution is -2.63. The predicted octanol–water partition coefficient (Wildman–Crippen LogP) is 2.77. The molecule has 1 amide bonds. The van der Waals surface area contributed by atoms with Gasteiger partial charge in [-0.05, 0) is 30.2 Å². The number of hydrogen-bond donors (Lipinski definition) is 0. The molecule has 2 atom stereocenters. The van der Waals surface area contributed by atoms with E-state index in [9.17, 15) is 9.59 Å². The molecular weight excluding hydrogens is 352 g/mol. The molecule has 1 fully saturated rings. The molecule has 3 rings (SSSR count). The molecule has 2 aliphatic heterocycles. The molecule has 0 aromatic heterocycles. The van der Waals surface area contributed by atoms with Crippen LogP contribution in [0.25, 0.3) is 4.85 Å². The number of rotatable bonds is 5. The molecule has 1 aromatic carbocycles. The summed E-state index contributed by atoms with van der Waals surface area (Å²) in [4.78, 5) is 29.7. The highest BCUT2D eigenvalue weighted by Crippen LogP contribution is 2.42. The predicted molar refractivity (Wildman–Crippen MR) is 98.1 cm³/mol. The van der Waals surface area contributed by atoms with Crippen molar-refractivity contribution in [3.8, 4) is 5.75 Å². The van der Waals surface area contributed by atoms with Crippen LogP contribution >= 0.6 is 11.8 Å². The molecule has 2 aliphatic rings. The van der Waals surface area contributed by atoms with Crippen molar-refractivity contribution in [2.45, 2.75) is 24.9 Å². The highest BCUT2D eigenvalue weighted by Gasteiger charge is 2.58. The highest BCUT2D eigenvalue weighted by molar-refractivity contribution is 8.00. The summed E-state index contributed by atoms with van der Waals surface area (Å²) in [7, 11) is 1.59. The van der Waals surface area contributed by atoms with E-state index in [1.54, 1.807) is 19.2 Å². The molecule has 0 spiro atoms. The van der Waals surface area contributed by atoms with Crippen LogP contribution in [0.3, 0.4) is 0 Å². The fourth-order valence-corrected chi connectivity index (χ4v) is 4.17. The average Bonchev–Trinajstić information content (AvgIpc) is 2.67. The minimum atomic E-state index is -0.712. The molecule has 26 heavy (non-hydrogen) atoms. The summed E-state index contributed by atoms with van der Waals surface area (Å²) in [5.74, 6) is 0.408. The minimum absolute atomic E-state index is 0.0987. The lowest BCUT2D eigenvalue weighted by Gasteiger charge is -2.43. The number of carbonyl (C=O) groups is 2. The molecule has 134 valence electrons. The summed E-state index contributed by atoms with van der Waals surface area (Å²) in [6, 6.07) is 6.50. The SMILES string of the molecule is [C-]#[N+][C@@H]1C(=O)N2C(C(=O)OCc3ccc(OC)cc3)=C(/C=C\C)CS[C@H]12. The average molecular weight is 370 g/mol. The molecule has 0 saturated carbocycles. The van der Waals surface area contributed by atoms with Gasteiger partial charge in [-0.3, -0.25) is 14.5 Å².